The number of carbonyl (C=O) groups excluding carboxylic acids is 2. The second-order valence-electron chi connectivity index (χ2n) is 6.12. The maximum atomic E-state index is 12.4. The molecule has 0 unspecified atom stereocenters. The molecule has 1 N–H and O–H groups in total. The van der Waals surface area contributed by atoms with E-state index in [0.29, 0.717) is 41.9 Å². The lowest BCUT2D eigenvalue weighted by atomic mass is 10.1. The molecule has 0 aliphatic carbocycles. The lowest BCUT2D eigenvalue weighted by molar-refractivity contribution is -0.125. The van der Waals surface area contributed by atoms with E-state index in [1.54, 1.807) is 36.1 Å². The molecule has 1 aliphatic rings. The van der Waals surface area contributed by atoms with Gasteiger partial charge in [-0.3, -0.25) is 9.59 Å². The fourth-order valence-electron chi connectivity index (χ4n) is 2.78. The van der Waals surface area contributed by atoms with Crippen LogP contribution in [0, 0.1) is 0 Å². The quantitative estimate of drug-likeness (QED) is 0.740. The Kier molecular flexibility index (Phi) is 6.19. The number of para-hydroxylation sites is 2. The Balaban J connectivity index is 1.45. The van der Waals surface area contributed by atoms with Gasteiger partial charge in [0.15, 0.2) is 6.10 Å². The molecule has 0 bridgehead atoms. The van der Waals surface area contributed by atoms with Gasteiger partial charge < -0.3 is 19.7 Å². The molecule has 1 aliphatic heterocycles. The predicted molar refractivity (Wildman–Crippen MR) is 103 cm³/mol. The van der Waals surface area contributed by atoms with Gasteiger partial charge in [-0.1, -0.05) is 23.7 Å². The minimum absolute atomic E-state index is 0.140. The first-order valence-corrected chi connectivity index (χ1v) is 9.14. The number of nitrogens with one attached hydrogen (secondary N) is 1. The van der Waals surface area contributed by atoms with Crippen molar-refractivity contribution in [1.82, 2.24) is 5.32 Å². The highest BCUT2D eigenvalue weighted by Crippen LogP contribution is 2.33. The van der Waals surface area contributed by atoms with E-state index in [4.69, 9.17) is 21.1 Å². The molecule has 2 amide bonds. The largest absolute Gasteiger partial charge is 0.492 e. The van der Waals surface area contributed by atoms with Gasteiger partial charge >= 0.3 is 0 Å². The highest BCUT2D eigenvalue weighted by Gasteiger charge is 2.31. The monoisotopic (exact) mass is 388 g/mol. The molecule has 2 aromatic carbocycles. The topological polar surface area (TPSA) is 67.9 Å². The van der Waals surface area contributed by atoms with Crippen molar-refractivity contribution in [3.05, 3.63) is 53.6 Å². The first-order valence-electron chi connectivity index (χ1n) is 8.77. The Hall–Kier alpha value is -2.73. The van der Waals surface area contributed by atoms with Crippen LogP contribution < -0.4 is 19.7 Å². The van der Waals surface area contributed by atoms with Crippen LogP contribution in [0.5, 0.6) is 11.5 Å². The molecule has 6 nitrogen and oxygen atoms in total. The number of carbonyl (C=O) groups is 2. The molecule has 0 fully saturated rings. The number of halogens is 1. The Labute approximate surface area is 163 Å². The van der Waals surface area contributed by atoms with Gasteiger partial charge in [0.2, 0.25) is 5.91 Å². The zero-order chi connectivity index (χ0) is 19.2. The molecule has 2 aromatic rings. The van der Waals surface area contributed by atoms with Crippen molar-refractivity contribution in [3.63, 3.8) is 0 Å². The third kappa shape index (κ3) is 4.92. The van der Waals surface area contributed by atoms with Crippen LogP contribution in [-0.2, 0) is 9.59 Å². The van der Waals surface area contributed by atoms with Crippen LogP contribution in [0.1, 0.15) is 13.3 Å². The number of amides is 2. The summed E-state index contributed by atoms with van der Waals surface area (Å²) >= 11 is 5.82. The lowest BCUT2D eigenvalue weighted by Gasteiger charge is -2.32. The highest BCUT2D eigenvalue weighted by atomic mass is 35.5. The van der Waals surface area contributed by atoms with Gasteiger partial charge in [-0.2, -0.15) is 0 Å². The maximum Gasteiger partial charge on any atom is 0.267 e. The van der Waals surface area contributed by atoms with Crippen molar-refractivity contribution in [1.29, 1.82) is 0 Å². The van der Waals surface area contributed by atoms with Crippen molar-refractivity contribution in [2.45, 2.75) is 19.4 Å². The van der Waals surface area contributed by atoms with Crippen LogP contribution in [0.2, 0.25) is 5.02 Å². The fourth-order valence-corrected chi connectivity index (χ4v) is 2.91. The Bertz CT molecular complexity index is 810. The molecule has 0 aromatic heterocycles. The Morgan fingerprint density at radius 3 is 2.74 bits per heavy atom. The summed E-state index contributed by atoms with van der Waals surface area (Å²) in [7, 11) is 0. The second kappa shape index (κ2) is 8.77. The third-order valence-electron chi connectivity index (χ3n) is 4.14. The number of nitrogens with zero attached hydrogens (tertiary/aromatic N) is 1. The van der Waals surface area contributed by atoms with Gasteiger partial charge in [0.05, 0.1) is 12.2 Å². The summed E-state index contributed by atoms with van der Waals surface area (Å²) in [5, 5.41) is 3.44. The number of anilines is 1. The van der Waals surface area contributed by atoms with Gasteiger partial charge in [0.25, 0.3) is 5.91 Å². The number of fused-ring (bicyclic) bond motifs is 1. The summed E-state index contributed by atoms with van der Waals surface area (Å²) in [4.78, 5) is 26.1. The summed E-state index contributed by atoms with van der Waals surface area (Å²) in [6.07, 6.45) is -0.357. The van der Waals surface area contributed by atoms with Crippen LogP contribution in [0.3, 0.4) is 0 Å². The van der Waals surface area contributed by atoms with Crippen molar-refractivity contribution in [2.75, 3.05) is 24.6 Å². The molecular formula is C20H21ClN2O4. The van der Waals surface area contributed by atoms with Gasteiger partial charge in [-0.25, -0.2) is 0 Å². The van der Waals surface area contributed by atoms with E-state index < -0.39 is 6.10 Å². The molecule has 142 valence electrons. The van der Waals surface area contributed by atoms with Crippen molar-refractivity contribution >= 4 is 29.1 Å². The van der Waals surface area contributed by atoms with E-state index in [-0.39, 0.29) is 18.2 Å². The third-order valence-corrected chi connectivity index (χ3v) is 4.39. The van der Waals surface area contributed by atoms with Crippen LogP contribution >= 0.6 is 11.6 Å². The SMILES string of the molecule is C[C@H]1Oc2ccccc2N(CCC(=O)NCCOc2ccc(Cl)cc2)C1=O. The van der Waals surface area contributed by atoms with Gasteiger partial charge in [0.1, 0.15) is 18.1 Å². The van der Waals surface area contributed by atoms with Crippen LogP contribution in [0.4, 0.5) is 5.69 Å². The number of benzene rings is 2. The molecule has 27 heavy (non-hydrogen) atoms. The van der Waals surface area contributed by atoms with Gasteiger partial charge in [0, 0.05) is 18.0 Å². The predicted octanol–water partition coefficient (Wildman–Crippen LogP) is 3.04. The normalized spacial score (nSPS) is 15.7. The summed E-state index contributed by atoms with van der Waals surface area (Å²) in [5.41, 5.74) is 0.694. The Morgan fingerprint density at radius 2 is 1.96 bits per heavy atom. The van der Waals surface area contributed by atoms with Gasteiger partial charge in [-0.15, -0.1) is 0 Å². The van der Waals surface area contributed by atoms with E-state index in [0.717, 1.165) is 0 Å². The van der Waals surface area contributed by atoms with Crippen LogP contribution in [0.15, 0.2) is 48.5 Å². The summed E-state index contributed by atoms with van der Waals surface area (Å²) in [6.45, 7) is 2.74. The second-order valence-corrected chi connectivity index (χ2v) is 6.56. The summed E-state index contributed by atoms with van der Waals surface area (Å²) < 4.78 is 11.1. The van der Waals surface area contributed by atoms with E-state index in [2.05, 4.69) is 5.32 Å². The first kappa shape index (κ1) is 19.0. The van der Waals surface area contributed by atoms with Crippen molar-refractivity contribution in [2.24, 2.45) is 0 Å². The average molecular weight is 389 g/mol. The van der Waals surface area contributed by atoms with E-state index >= 15 is 0 Å². The number of rotatable bonds is 7. The number of ether oxygens (including phenoxy) is 2. The summed E-state index contributed by atoms with van der Waals surface area (Å²) in [6, 6.07) is 14.4. The van der Waals surface area contributed by atoms with E-state index in [1.165, 1.54) is 0 Å². The fraction of sp³-hybridized carbons (Fsp3) is 0.300. The van der Waals surface area contributed by atoms with Crippen molar-refractivity contribution < 1.29 is 19.1 Å². The average Bonchev–Trinajstić information content (AvgIpc) is 2.67. The zero-order valence-electron chi connectivity index (χ0n) is 15.0. The number of hydrogen-bond acceptors (Lipinski definition) is 4. The number of hydrogen-bond donors (Lipinski definition) is 1. The smallest absolute Gasteiger partial charge is 0.267 e. The molecule has 0 spiro atoms. The van der Waals surface area contributed by atoms with Gasteiger partial charge in [-0.05, 0) is 43.3 Å². The lowest BCUT2D eigenvalue weighted by Crippen LogP contribution is -2.45. The molecule has 1 atom stereocenters. The first-order chi connectivity index (χ1) is 13.0. The molecule has 3 rings (SSSR count). The van der Waals surface area contributed by atoms with Crippen molar-refractivity contribution in [3.8, 4) is 11.5 Å². The van der Waals surface area contributed by atoms with E-state index in [9.17, 15) is 9.59 Å². The van der Waals surface area contributed by atoms with Crippen LogP contribution in [-0.4, -0.2) is 37.6 Å². The molecule has 7 heteroatoms. The van der Waals surface area contributed by atoms with Crippen LogP contribution in [0.25, 0.3) is 0 Å². The highest BCUT2D eigenvalue weighted by molar-refractivity contribution is 6.30. The molecule has 0 radical (unpaired) electrons. The molecule has 0 saturated heterocycles. The molecule has 0 saturated carbocycles. The zero-order valence-corrected chi connectivity index (χ0v) is 15.7. The molecule has 1 heterocycles. The minimum atomic E-state index is -0.560. The molecular weight excluding hydrogens is 368 g/mol. The van der Waals surface area contributed by atoms with E-state index in [1.807, 2.05) is 24.3 Å². The standard InChI is InChI=1S/C20H21ClN2O4/c1-14-20(25)23(17-4-2-3-5-18(17)27-14)12-10-19(24)22-11-13-26-16-8-6-15(21)7-9-16/h2-9,14H,10-13H2,1H3,(H,22,24)/t14-/m1/s1. The summed E-state index contributed by atoms with van der Waals surface area (Å²) in [5.74, 6) is 1.06. The Morgan fingerprint density at radius 1 is 1.22 bits per heavy atom. The minimum Gasteiger partial charge on any atom is -0.492 e. The maximum absolute atomic E-state index is 12.4.